The Labute approximate surface area is 162 Å². The Bertz CT molecular complexity index is 1120. The lowest BCUT2D eigenvalue weighted by Gasteiger charge is -2.06. The van der Waals surface area contributed by atoms with Gasteiger partial charge in [0.15, 0.2) is 6.61 Å². The van der Waals surface area contributed by atoms with Gasteiger partial charge in [-0.05, 0) is 48.9 Å². The lowest BCUT2D eigenvalue weighted by molar-refractivity contribution is 0.368. The second-order valence-corrected chi connectivity index (χ2v) is 6.64. The molecule has 0 saturated carbocycles. The second-order valence-electron chi connectivity index (χ2n) is 5.32. The molecule has 0 aliphatic carbocycles. The molecule has 130 valence electrons. The molecule has 0 aliphatic rings. The summed E-state index contributed by atoms with van der Waals surface area (Å²) in [6, 6.07) is 12.2. The number of aromatic nitrogens is 2. The molecule has 8 heteroatoms. The van der Waals surface area contributed by atoms with Crippen molar-refractivity contribution < 1.29 is 4.74 Å². The zero-order valence-electron chi connectivity index (χ0n) is 13.6. The van der Waals surface area contributed by atoms with Crippen LogP contribution in [0, 0.1) is 18.3 Å². The Hall–Kier alpha value is -2.69. The van der Waals surface area contributed by atoms with Gasteiger partial charge in [-0.3, -0.25) is 4.79 Å². The molecule has 0 radical (unpaired) electrons. The average molecular weight is 432 g/mol. The van der Waals surface area contributed by atoms with Crippen molar-refractivity contribution in [2.24, 2.45) is 5.10 Å². The summed E-state index contributed by atoms with van der Waals surface area (Å²) in [7, 11) is 0. The van der Waals surface area contributed by atoms with Gasteiger partial charge < -0.3 is 4.74 Å². The molecule has 1 heterocycles. The minimum absolute atomic E-state index is 0.0833. The van der Waals surface area contributed by atoms with Gasteiger partial charge in [-0.15, -0.1) is 0 Å². The summed E-state index contributed by atoms with van der Waals surface area (Å²) < 4.78 is 7.23. The molecule has 6 nitrogen and oxygen atoms in total. The number of benzene rings is 2. The van der Waals surface area contributed by atoms with Crippen molar-refractivity contribution in [3.8, 4) is 11.8 Å². The van der Waals surface area contributed by atoms with Crippen LogP contribution in [0.2, 0.25) is 5.02 Å². The molecule has 0 atom stereocenters. The van der Waals surface area contributed by atoms with Crippen molar-refractivity contribution >= 4 is 44.6 Å². The number of hydrogen-bond donors (Lipinski definition) is 0. The number of nitrogens with zero attached hydrogens (tertiary/aromatic N) is 4. The van der Waals surface area contributed by atoms with E-state index in [1.165, 1.54) is 10.9 Å². The molecular formula is C18H12BrClN4O2. The van der Waals surface area contributed by atoms with Gasteiger partial charge in [0.25, 0.3) is 5.56 Å². The minimum Gasteiger partial charge on any atom is -0.477 e. The highest BCUT2D eigenvalue weighted by molar-refractivity contribution is 9.10. The summed E-state index contributed by atoms with van der Waals surface area (Å²) in [6.45, 7) is 1.63. The smallest absolute Gasteiger partial charge is 0.282 e. The summed E-state index contributed by atoms with van der Waals surface area (Å²) in [5.41, 5.74) is 1.04. The van der Waals surface area contributed by atoms with Crippen LogP contribution in [0.3, 0.4) is 0 Å². The predicted octanol–water partition coefficient (Wildman–Crippen LogP) is 3.91. The van der Waals surface area contributed by atoms with Crippen molar-refractivity contribution in [1.29, 1.82) is 5.26 Å². The Morgan fingerprint density at radius 2 is 2.19 bits per heavy atom. The number of halogens is 2. The molecule has 0 spiro atoms. The first-order valence-electron chi connectivity index (χ1n) is 7.52. The summed E-state index contributed by atoms with van der Waals surface area (Å²) in [6.07, 6.45) is 1.51. The molecule has 0 unspecified atom stereocenters. The maximum absolute atomic E-state index is 12.7. The molecule has 0 fully saturated rings. The molecule has 3 aromatic rings. The van der Waals surface area contributed by atoms with Crippen LogP contribution >= 0.6 is 27.5 Å². The van der Waals surface area contributed by atoms with Crippen LogP contribution in [0.25, 0.3) is 10.9 Å². The molecule has 2 aromatic carbocycles. The molecule has 1 aromatic heterocycles. The summed E-state index contributed by atoms with van der Waals surface area (Å²) in [5, 5.41) is 13.6. The summed E-state index contributed by atoms with van der Waals surface area (Å²) in [5.74, 6) is 0.886. The van der Waals surface area contributed by atoms with Crippen LogP contribution in [0.5, 0.6) is 5.75 Å². The fraction of sp³-hybridized carbons (Fsp3) is 0.111. The van der Waals surface area contributed by atoms with Gasteiger partial charge in [0, 0.05) is 4.47 Å². The van der Waals surface area contributed by atoms with E-state index in [1.54, 1.807) is 37.3 Å². The van der Waals surface area contributed by atoms with E-state index in [4.69, 9.17) is 21.6 Å². The lowest BCUT2D eigenvalue weighted by Crippen LogP contribution is -2.20. The molecule has 26 heavy (non-hydrogen) atoms. The molecule has 0 bridgehead atoms. The highest BCUT2D eigenvalue weighted by Crippen LogP contribution is 2.24. The minimum atomic E-state index is -0.259. The highest BCUT2D eigenvalue weighted by Gasteiger charge is 2.08. The number of nitriles is 1. The topological polar surface area (TPSA) is 80.3 Å². The first-order chi connectivity index (χ1) is 12.5. The Balaban J connectivity index is 1.97. The lowest BCUT2D eigenvalue weighted by atomic mass is 10.2. The SMILES string of the molecule is Cc1nc2ccc(Br)cc2c(=O)n1N=Cc1ccc(OCC#N)c(Cl)c1. The van der Waals surface area contributed by atoms with Crippen LogP contribution in [0.15, 0.2) is 50.8 Å². The van der Waals surface area contributed by atoms with Crippen LogP contribution in [0.1, 0.15) is 11.4 Å². The summed E-state index contributed by atoms with van der Waals surface area (Å²) in [4.78, 5) is 17.1. The van der Waals surface area contributed by atoms with Crippen molar-refractivity contribution in [3.05, 3.63) is 67.6 Å². The van der Waals surface area contributed by atoms with E-state index in [0.29, 0.717) is 33.1 Å². The second kappa shape index (κ2) is 7.68. The molecule has 0 saturated heterocycles. The van der Waals surface area contributed by atoms with Crippen LogP contribution in [-0.2, 0) is 0 Å². The quantitative estimate of drug-likeness (QED) is 0.587. The highest BCUT2D eigenvalue weighted by atomic mass is 79.9. The average Bonchev–Trinajstić information content (AvgIpc) is 2.61. The maximum atomic E-state index is 12.7. The predicted molar refractivity (Wildman–Crippen MR) is 104 cm³/mol. The monoisotopic (exact) mass is 430 g/mol. The van der Waals surface area contributed by atoms with Crippen LogP contribution in [-0.4, -0.2) is 22.5 Å². The standard InChI is InChI=1S/C18H12BrClN4O2/c1-11-23-16-4-3-13(19)9-14(16)18(25)24(11)22-10-12-2-5-17(15(20)8-12)26-7-6-21/h2-5,8-10H,7H2,1H3. The largest absolute Gasteiger partial charge is 0.477 e. The van der Waals surface area contributed by atoms with E-state index in [2.05, 4.69) is 26.0 Å². The third-order valence-corrected chi connectivity index (χ3v) is 4.33. The zero-order chi connectivity index (χ0) is 18.7. The Morgan fingerprint density at radius 1 is 1.38 bits per heavy atom. The molecule has 0 amide bonds. The van der Waals surface area contributed by atoms with E-state index in [1.807, 2.05) is 12.1 Å². The van der Waals surface area contributed by atoms with Crippen LogP contribution < -0.4 is 10.3 Å². The van der Waals surface area contributed by atoms with Gasteiger partial charge in [-0.2, -0.15) is 15.0 Å². The maximum Gasteiger partial charge on any atom is 0.282 e. The Kier molecular flexibility index (Phi) is 5.35. The van der Waals surface area contributed by atoms with E-state index < -0.39 is 0 Å². The van der Waals surface area contributed by atoms with E-state index in [-0.39, 0.29) is 12.2 Å². The van der Waals surface area contributed by atoms with Gasteiger partial charge in [0.2, 0.25) is 0 Å². The van der Waals surface area contributed by atoms with E-state index in [9.17, 15) is 4.79 Å². The molecule has 0 N–H and O–H groups in total. The molecule has 3 rings (SSSR count). The van der Waals surface area contributed by atoms with Crippen molar-refractivity contribution in [2.45, 2.75) is 6.92 Å². The molecular weight excluding hydrogens is 420 g/mol. The number of ether oxygens (including phenoxy) is 1. The van der Waals surface area contributed by atoms with Crippen molar-refractivity contribution in [3.63, 3.8) is 0 Å². The first kappa shape index (κ1) is 18.1. The number of fused-ring (bicyclic) bond motifs is 1. The zero-order valence-corrected chi connectivity index (χ0v) is 16.0. The first-order valence-corrected chi connectivity index (χ1v) is 8.69. The number of aryl methyl sites for hydroxylation is 1. The van der Waals surface area contributed by atoms with Gasteiger partial charge in [0.1, 0.15) is 17.6 Å². The van der Waals surface area contributed by atoms with E-state index in [0.717, 1.165) is 4.47 Å². The van der Waals surface area contributed by atoms with Gasteiger partial charge >= 0.3 is 0 Å². The normalized spacial score (nSPS) is 11.0. The van der Waals surface area contributed by atoms with Gasteiger partial charge in [-0.1, -0.05) is 27.5 Å². The van der Waals surface area contributed by atoms with E-state index >= 15 is 0 Å². The van der Waals surface area contributed by atoms with Gasteiger partial charge in [0.05, 0.1) is 22.1 Å². The Morgan fingerprint density at radius 3 is 2.92 bits per heavy atom. The number of rotatable bonds is 4. The summed E-state index contributed by atoms with van der Waals surface area (Å²) >= 11 is 9.48. The fourth-order valence-corrected chi connectivity index (χ4v) is 2.95. The number of hydrogen-bond acceptors (Lipinski definition) is 5. The van der Waals surface area contributed by atoms with Crippen molar-refractivity contribution in [1.82, 2.24) is 9.66 Å². The van der Waals surface area contributed by atoms with Gasteiger partial charge in [-0.25, -0.2) is 4.98 Å². The fourth-order valence-electron chi connectivity index (χ4n) is 2.34. The third kappa shape index (κ3) is 3.77. The van der Waals surface area contributed by atoms with Crippen molar-refractivity contribution in [2.75, 3.05) is 6.61 Å². The molecule has 0 aliphatic heterocycles. The van der Waals surface area contributed by atoms with Crippen LogP contribution in [0.4, 0.5) is 0 Å². The third-order valence-electron chi connectivity index (χ3n) is 3.54.